The summed E-state index contributed by atoms with van der Waals surface area (Å²) in [4.78, 5) is 12.3. The van der Waals surface area contributed by atoms with Gasteiger partial charge < -0.3 is 14.2 Å². The van der Waals surface area contributed by atoms with Crippen LogP contribution in [0.3, 0.4) is 0 Å². The molecule has 166 valence electrons. The first-order valence-corrected chi connectivity index (χ1v) is 10.5. The van der Waals surface area contributed by atoms with Crippen LogP contribution in [0.5, 0.6) is 11.5 Å². The van der Waals surface area contributed by atoms with Crippen LogP contribution in [0.15, 0.2) is 41.0 Å². The molecule has 0 spiro atoms. The first kappa shape index (κ1) is 25.5. The van der Waals surface area contributed by atoms with Gasteiger partial charge in [0.2, 0.25) is 0 Å². The highest BCUT2D eigenvalue weighted by Crippen LogP contribution is 2.36. The Hall–Kier alpha value is -2.49. The van der Waals surface area contributed by atoms with E-state index >= 15 is 0 Å². The van der Waals surface area contributed by atoms with Gasteiger partial charge in [-0.25, -0.2) is 4.79 Å². The van der Waals surface area contributed by atoms with E-state index in [2.05, 4.69) is 45.9 Å². The largest absolute Gasteiger partial charge is 0.496 e. The van der Waals surface area contributed by atoms with Gasteiger partial charge in [-0.1, -0.05) is 34.9 Å². The Morgan fingerprint density at radius 3 is 2.03 bits per heavy atom. The second-order valence-electron chi connectivity index (χ2n) is 7.94. The van der Waals surface area contributed by atoms with Crippen molar-refractivity contribution in [2.45, 2.75) is 66.7 Å². The molecule has 0 unspecified atom stereocenters. The van der Waals surface area contributed by atoms with Gasteiger partial charge in [0.25, 0.3) is 0 Å². The predicted molar refractivity (Wildman–Crippen MR) is 125 cm³/mol. The van der Waals surface area contributed by atoms with E-state index in [1.807, 2.05) is 13.0 Å². The standard InChI is InChI=1S/C26H38O4/c1-18(2)11-9-12-19(3)13-10-14-20(4)15-16-22-23(28-6)17-21(5)24(25(22)29-7)26(27)30-8/h11,13,15,17H,9-10,12,14,16H2,1-8H3/b19-13+,20-15+. The second kappa shape index (κ2) is 12.9. The van der Waals surface area contributed by atoms with Gasteiger partial charge in [0.1, 0.15) is 17.1 Å². The smallest absolute Gasteiger partial charge is 0.341 e. The normalized spacial score (nSPS) is 11.9. The van der Waals surface area contributed by atoms with Crippen LogP contribution in [0, 0.1) is 6.92 Å². The molecular weight excluding hydrogens is 376 g/mol. The lowest BCUT2D eigenvalue weighted by Crippen LogP contribution is -2.10. The highest BCUT2D eigenvalue weighted by atomic mass is 16.5. The number of ether oxygens (including phenoxy) is 3. The minimum Gasteiger partial charge on any atom is -0.496 e. The third kappa shape index (κ3) is 7.74. The van der Waals surface area contributed by atoms with Crippen molar-refractivity contribution in [3.05, 3.63) is 57.7 Å². The molecule has 0 saturated heterocycles. The highest BCUT2D eigenvalue weighted by Gasteiger charge is 2.22. The molecule has 0 aliphatic carbocycles. The number of aryl methyl sites for hydroxylation is 1. The highest BCUT2D eigenvalue weighted by molar-refractivity contribution is 5.95. The van der Waals surface area contributed by atoms with Gasteiger partial charge in [0, 0.05) is 5.56 Å². The zero-order valence-electron chi connectivity index (χ0n) is 20.0. The van der Waals surface area contributed by atoms with Crippen LogP contribution in [0.4, 0.5) is 0 Å². The maximum absolute atomic E-state index is 12.3. The van der Waals surface area contributed by atoms with Gasteiger partial charge in [0.15, 0.2) is 0 Å². The van der Waals surface area contributed by atoms with Crippen LogP contribution in [0.25, 0.3) is 0 Å². The Morgan fingerprint density at radius 1 is 0.900 bits per heavy atom. The summed E-state index contributed by atoms with van der Waals surface area (Å²) >= 11 is 0. The van der Waals surface area contributed by atoms with E-state index in [4.69, 9.17) is 14.2 Å². The van der Waals surface area contributed by atoms with Gasteiger partial charge in [0.05, 0.1) is 21.3 Å². The summed E-state index contributed by atoms with van der Waals surface area (Å²) in [6.45, 7) is 10.5. The number of benzene rings is 1. The molecule has 0 amide bonds. The quantitative estimate of drug-likeness (QED) is 0.296. The number of hydrogen-bond acceptors (Lipinski definition) is 4. The lowest BCUT2D eigenvalue weighted by Gasteiger charge is -2.17. The number of hydrogen-bond donors (Lipinski definition) is 0. The fraction of sp³-hybridized carbons (Fsp3) is 0.500. The molecule has 30 heavy (non-hydrogen) atoms. The molecule has 0 aliphatic heterocycles. The molecule has 4 heteroatoms. The average Bonchev–Trinajstić information content (AvgIpc) is 2.70. The van der Waals surface area contributed by atoms with Gasteiger partial charge in [-0.3, -0.25) is 0 Å². The molecule has 0 N–H and O–H groups in total. The fourth-order valence-corrected chi connectivity index (χ4v) is 3.37. The number of rotatable bonds is 11. The fourth-order valence-electron chi connectivity index (χ4n) is 3.37. The number of methoxy groups -OCH3 is 3. The van der Waals surface area contributed by atoms with E-state index in [0.29, 0.717) is 17.7 Å². The van der Waals surface area contributed by atoms with Gasteiger partial charge >= 0.3 is 5.97 Å². The van der Waals surface area contributed by atoms with E-state index in [1.54, 1.807) is 14.2 Å². The number of allylic oxidation sites excluding steroid dienone is 6. The molecule has 4 nitrogen and oxygen atoms in total. The molecule has 1 aromatic rings. The first-order chi connectivity index (χ1) is 14.2. The van der Waals surface area contributed by atoms with Gasteiger partial charge in [-0.15, -0.1) is 0 Å². The molecule has 0 aliphatic rings. The number of esters is 1. The van der Waals surface area contributed by atoms with Crippen LogP contribution < -0.4 is 9.47 Å². The lowest BCUT2D eigenvalue weighted by atomic mass is 9.98. The van der Waals surface area contributed by atoms with Crippen molar-refractivity contribution < 1.29 is 19.0 Å². The molecule has 0 fully saturated rings. The van der Waals surface area contributed by atoms with E-state index in [0.717, 1.165) is 42.6 Å². The second-order valence-corrected chi connectivity index (χ2v) is 7.94. The van der Waals surface area contributed by atoms with Crippen molar-refractivity contribution in [2.75, 3.05) is 21.3 Å². The Balaban J connectivity index is 2.92. The first-order valence-electron chi connectivity index (χ1n) is 10.5. The van der Waals surface area contributed by atoms with Crippen LogP contribution in [0.2, 0.25) is 0 Å². The summed E-state index contributed by atoms with van der Waals surface area (Å²) in [5, 5.41) is 0. The Labute approximate surface area is 182 Å². The van der Waals surface area contributed by atoms with Gasteiger partial charge in [-0.2, -0.15) is 0 Å². The summed E-state index contributed by atoms with van der Waals surface area (Å²) in [5.74, 6) is 0.844. The maximum Gasteiger partial charge on any atom is 0.341 e. The zero-order chi connectivity index (χ0) is 22.7. The van der Waals surface area contributed by atoms with Crippen LogP contribution >= 0.6 is 0 Å². The molecule has 0 atom stereocenters. The molecular formula is C26H38O4. The summed E-state index contributed by atoms with van der Waals surface area (Å²) < 4.78 is 16.1. The van der Waals surface area contributed by atoms with Crippen molar-refractivity contribution in [2.24, 2.45) is 0 Å². The van der Waals surface area contributed by atoms with Crippen LogP contribution in [-0.2, 0) is 11.2 Å². The van der Waals surface area contributed by atoms with E-state index in [1.165, 1.54) is 23.8 Å². The summed E-state index contributed by atoms with van der Waals surface area (Å²) in [7, 11) is 4.59. The van der Waals surface area contributed by atoms with E-state index < -0.39 is 5.97 Å². The van der Waals surface area contributed by atoms with Gasteiger partial charge in [-0.05, 0) is 78.4 Å². The Bertz CT molecular complexity index is 809. The Kier molecular flexibility index (Phi) is 11.0. The summed E-state index contributed by atoms with van der Waals surface area (Å²) in [5.41, 5.74) is 6.20. The molecule has 1 rings (SSSR count). The monoisotopic (exact) mass is 414 g/mol. The average molecular weight is 415 g/mol. The topological polar surface area (TPSA) is 44.8 Å². The van der Waals surface area contributed by atoms with E-state index in [9.17, 15) is 4.79 Å². The molecule has 0 heterocycles. The maximum atomic E-state index is 12.3. The van der Waals surface area contributed by atoms with Crippen LogP contribution in [0.1, 0.15) is 74.9 Å². The van der Waals surface area contributed by atoms with Crippen molar-refractivity contribution in [3.63, 3.8) is 0 Å². The zero-order valence-corrected chi connectivity index (χ0v) is 20.0. The van der Waals surface area contributed by atoms with E-state index in [-0.39, 0.29) is 0 Å². The number of carbonyl (C=O) groups is 1. The lowest BCUT2D eigenvalue weighted by molar-refractivity contribution is 0.0596. The van der Waals surface area contributed by atoms with Crippen molar-refractivity contribution >= 4 is 5.97 Å². The Morgan fingerprint density at radius 2 is 1.50 bits per heavy atom. The molecule has 0 bridgehead atoms. The SMILES string of the molecule is COC(=O)c1c(C)cc(OC)c(C/C=C(\C)CC/C=C(\C)CCC=C(C)C)c1OC. The third-order valence-electron chi connectivity index (χ3n) is 5.13. The summed E-state index contributed by atoms with van der Waals surface area (Å²) in [6.07, 6.45) is 11.7. The summed E-state index contributed by atoms with van der Waals surface area (Å²) in [6, 6.07) is 1.87. The minimum absolute atomic E-state index is 0.400. The predicted octanol–water partition coefficient (Wildman–Crippen LogP) is 6.76. The van der Waals surface area contributed by atoms with Crippen molar-refractivity contribution in [1.29, 1.82) is 0 Å². The minimum atomic E-state index is -0.400. The van der Waals surface area contributed by atoms with Crippen molar-refractivity contribution in [1.82, 2.24) is 0 Å². The molecule has 0 aromatic heterocycles. The number of carbonyl (C=O) groups excluding carboxylic acids is 1. The molecule has 0 saturated carbocycles. The van der Waals surface area contributed by atoms with Crippen molar-refractivity contribution in [3.8, 4) is 11.5 Å². The third-order valence-corrected chi connectivity index (χ3v) is 5.13. The van der Waals surface area contributed by atoms with Crippen LogP contribution in [-0.4, -0.2) is 27.3 Å². The molecule has 1 aromatic carbocycles. The molecule has 0 radical (unpaired) electrons.